The molecule has 1 aromatic heterocycles. The number of thiophene rings is 1. The third-order valence-electron chi connectivity index (χ3n) is 11.7. The molecule has 0 radical (unpaired) electrons. The molecule has 4 nitrogen and oxygen atoms in total. The Kier molecular flexibility index (Phi) is 7.79. The topological polar surface area (TPSA) is 66.4 Å². The van der Waals surface area contributed by atoms with Gasteiger partial charge in [0.2, 0.25) is 5.91 Å². The predicted molar refractivity (Wildman–Crippen MR) is 153 cm³/mol. The molecule has 1 heterocycles. The van der Waals surface area contributed by atoms with Crippen molar-refractivity contribution in [3.63, 3.8) is 0 Å². The van der Waals surface area contributed by atoms with Crippen LogP contribution >= 0.6 is 27.3 Å². The summed E-state index contributed by atoms with van der Waals surface area (Å²) in [6.07, 6.45) is 8.19. The zero-order chi connectivity index (χ0) is 26.7. The zero-order valence-electron chi connectivity index (χ0n) is 23.3. The summed E-state index contributed by atoms with van der Waals surface area (Å²) in [7, 11) is 0. The van der Waals surface area contributed by atoms with Gasteiger partial charge in [0, 0.05) is 24.1 Å². The SMILES string of the molecule is CC(C)C(NC(=O)C[C@@H](C)[C@H]1CC[C@H]2[C@@H]3C[C@H](O)[C@@H]4CC(=O)CC[C@]4(C)[C@H]3CC[C@]12C)c1ccc(Br)s1. The van der Waals surface area contributed by atoms with Crippen LogP contribution in [0.2, 0.25) is 0 Å². The lowest BCUT2D eigenvalue weighted by atomic mass is 9.44. The molecule has 4 fully saturated rings. The van der Waals surface area contributed by atoms with E-state index in [1.54, 1.807) is 11.3 Å². The Morgan fingerprint density at radius 3 is 2.51 bits per heavy atom. The molecule has 1 aromatic rings. The van der Waals surface area contributed by atoms with E-state index in [1.165, 1.54) is 30.6 Å². The number of Topliss-reactive ketones (excluding diaryl/α,β-unsaturated/α-hetero) is 1. The molecule has 4 aliphatic carbocycles. The number of ketones is 1. The Bertz CT molecular complexity index is 1020. The fourth-order valence-electron chi connectivity index (χ4n) is 9.79. The normalized spacial score (nSPS) is 41.0. The molecule has 0 saturated heterocycles. The fourth-order valence-corrected chi connectivity index (χ4v) is 11.4. The van der Waals surface area contributed by atoms with Crippen molar-refractivity contribution in [3.05, 3.63) is 20.8 Å². The molecule has 1 amide bonds. The van der Waals surface area contributed by atoms with Crippen molar-refractivity contribution in [1.82, 2.24) is 5.32 Å². The van der Waals surface area contributed by atoms with Crippen molar-refractivity contribution in [2.24, 2.45) is 52.3 Å². The van der Waals surface area contributed by atoms with Gasteiger partial charge in [-0.25, -0.2) is 0 Å². The number of nitrogens with one attached hydrogen (secondary N) is 1. The number of halogens is 1. The number of carbonyl (C=O) groups is 2. The van der Waals surface area contributed by atoms with Crippen molar-refractivity contribution in [2.75, 3.05) is 0 Å². The van der Waals surface area contributed by atoms with Crippen LogP contribution in [0.4, 0.5) is 0 Å². The van der Waals surface area contributed by atoms with E-state index in [9.17, 15) is 14.7 Å². The lowest BCUT2D eigenvalue weighted by Gasteiger charge is -2.61. The summed E-state index contributed by atoms with van der Waals surface area (Å²) in [5.41, 5.74) is 0.341. The molecule has 10 atom stereocenters. The molecule has 0 bridgehead atoms. The van der Waals surface area contributed by atoms with Crippen molar-refractivity contribution >= 4 is 39.0 Å². The minimum atomic E-state index is -0.342. The molecule has 0 aromatic carbocycles. The van der Waals surface area contributed by atoms with Gasteiger partial charge in [-0.3, -0.25) is 9.59 Å². The van der Waals surface area contributed by atoms with E-state index >= 15 is 0 Å². The maximum absolute atomic E-state index is 13.3. The van der Waals surface area contributed by atoms with Crippen LogP contribution in [0.5, 0.6) is 0 Å². The van der Waals surface area contributed by atoms with Gasteiger partial charge in [0.1, 0.15) is 5.78 Å². The summed E-state index contributed by atoms with van der Waals surface area (Å²) < 4.78 is 1.10. The van der Waals surface area contributed by atoms with Crippen LogP contribution in [0.25, 0.3) is 0 Å². The average molecular weight is 593 g/mol. The summed E-state index contributed by atoms with van der Waals surface area (Å²) in [5, 5.41) is 14.6. The molecular formula is C31H46BrNO3S. The molecule has 2 N–H and O–H groups in total. The second-order valence-electron chi connectivity index (χ2n) is 13.9. The number of hydrogen-bond acceptors (Lipinski definition) is 4. The Labute approximate surface area is 235 Å². The van der Waals surface area contributed by atoms with Crippen LogP contribution in [-0.2, 0) is 9.59 Å². The van der Waals surface area contributed by atoms with Crippen molar-refractivity contribution in [1.29, 1.82) is 0 Å². The third-order valence-corrected chi connectivity index (χ3v) is 13.4. The highest BCUT2D eigenvalue weighted by Crippen LogP contribution is 2.68. The van der Waals surface area contributed by atoms with Crippen LogP contribution in [0.1, 0.15) is 103 Å². The maximum Gasteiger partial charge on any atom is 0.220 e. The molecule has 4 saturated carbocycles. The Balaban J connectivity index is 1.27. The van der Waals surface area contributed by atoms with Gasteiger partial charge in [-0.15, -0.1) is 11.3 Å². The second kappa shape index (κ2) is 10.4. The molecule has 206 valence electrons. The van der Waals surface area contributed by atoms with Gasteiger partial charge in [-0.05, 0) is 119 Å². The monoisotopic (exact) mass is 591 g/mol. The summed E-state index contributed by atoms with van der Waals surface area (Å²) in [5.74, 6) is 3.71. The maximum atomic E-state index is 13.3. The average Bonchev–Trinajstić information content (AvgIpc) is 3.41. The molecule has 37 heavy (non-hydrogen) atoms. The van der Waals surface area contributed by atoms with E-state index in [4.69, 9.17) is 0 Å². The largest absolute Gasteiger partial charge is 0.393 e. The second-order valence-corrected chi connectivity index (χ2v) is 16.4. The number of fused-ring (bicyclic) bond motifs is 5. The standard InChI is InChI=1S/C31H46BrNO3S/c1-17(2)29(26-8-9-27(32)37-26)33-28(36)14-18(3)21-6-7-22-20-16-25(35)24-15-19(34)10-12-31(24,5)23(20)11-13-30(21,22)4/h8-9,17-18,20-25,29,35H,6-7,10-16H2,1-5H3,(H,33,36)/t18-,20+,21-,22+,23+,24+,25+,29?,30-,31-/m1/s1. The molecule has 6 heteroatoms. The van der Waals surface area contributed by atoms with Crippen molar-refractivity contribution in [2.45, 2.75) is 105 Å². The first-order valence-electron chi connectivity index (χ1n) is 14.7. The van der Waals surface area contributed by atoms with E-state index in [0.29, 0.717) is 60.6 Å². The molecule has 0 spiro atoms. The first kappa shape index (κ1) is 27.8. The highest BCUT2D eigenvalue weighted by atomic mass is 79.9. The number of rotatable bonds is 6. The third kappa shape index (κ3) is 4.90. The zero-order valence-corrected chi connectivity index (χ0v) is 25.7. The van der Waals surface area contributed by atoms with E-state index in [-0.39, 0.29) is 34.8 Å². The Morgan fingerprint density at radius 1 is 1.11 bits per heavy atom. The number of carbonyl (C=O) groups excluding carboxylic acids is 2. The van der Waals surface area contributed by atoms with Gasteiger partial charge in [-0.1, -0.05) is 34.6 Å². The number of aliphatic hydroxyl groups is 1. The lowest BCUT2D eigenvalue weighted by Crippen LogP contribution is -2.58. The van der Waals surface area contributed by atoms with Gasteiger partial charge in [-0.2, -0.15) is 0 Å². The Morgan fingerprint density at radius 2 is 1.84 bits per heavy atom. The van der Waals surface area contributed by atoms with Crippen LogP contribution in [0.3, 0.4) is 0 Å². The molecule has 4 aliphatic rings. The van der Waals surface area contributed by atoms with E-state index in [1.807, 2.05) is 0 Å². The van der Waals surface area contributed by atoms with Gasteiger partial charge in [0.15, 0.2) is 0 Å². The number of hydrogen-bond donors (Lipinski definition) is 2. The van der Waals surface area contributed by atoms with Crippen LogP contribution in [0.15, 0.2) is 15.9 Å². The molecule has 5 rings (SSSR count). The first-order valence-corrected chi connectivity index (χ1v) is 16.3. The van der Waals surface area contributed by atoms with Crippen LogP contribution < -0.4 is 5.32 Å². The molecule has 1 unspecified atom stereocenters. The van der Waals surface area contributed by atoms with Crippen LogP contribution in [-0.4, -0.2) is 22.9 Å². The summed E-state index contributed by atoms with van der Waals surface area (Å²) in [6.45, 7) is 11.6. The smallest absolute Gasteiger partial charge is 0.220 e. The highest BCUT2D eigenvalue weighted by molar-refractivity contribution is 9.11. The van der Waals surface area contributed by atoms with E-state index in [2.05, 4.69) is 68.0 Å². The summed E-state index contributed by atoms with van der Waals surface area (Å²) >= 11 is 5.27. The number of aliphatic hydroxyl groups excluding tert-OH is 1. The quantitative estimate of drug-likeness (QED) is 0.359. The summed E-state index contributed by atoms with van der Waals surface area (Å²) in [4.78, 5) is 26.7. The lowest BCUT2D eigenvalue weighted by molar-refractivity contribution is -0.166. The van der Waals surface area contributed by atoms with Gasteiger partial charge in [0.05, 0.1) is 15.9 Å². The van der Waals surface area contributed by atoms with Gasteiger partial charge >= 0.3 is 0 Å². The van der Waals surface area contributed by atoms with E-state index in [0.717, 1.165) is 16.6 Å². The fraction of sp³-hybridized carbons (Fsp3) is 0.806. The highest BCUT2D eigenvalue weighted by Gasteiger charge is 2.62. The Hall–Kier alpha value is -0.720. The van der Waals surface area contributed by atoms with Crippen molar-refractivity contribution < 1.29 is 14.7 Å². The first-order chi connectivity index (χ1) is 17.4. The molecule has 0 aliphatic heterocycles. The van der Waals surface area contributed by atoms with E-state index < -0.39 is 0 Å². The van der Waals surface area contributed by atoms with Crippen LogP contribution in [0, 0.1) is 52.3 Å². The van der Waals surface area contributed by atoms with Gasteiger partial charge < -0.3 is 10.4 Å². The number of amides is 1. The minimum Gasteiger partial charge on any atom is -0.393 e. The van der Waals surface area contributed by atoms with Crippen molar-refractivity contribution in [3.8, 4) is 0 Å². The predicted octanol–water partition coefficient (Wildman–Crippen LogP) is 7.55. The van der Waals surface area contributed by atoms with Gasteiger partial charge in [0.25, 0.3) is 0 Å². The minimum absolute atomic E-state index is 0.0538. The molecular weight excluding hydrogens is 546 g/mol. The summed E-state index contributed by atoms with van der Waals surface area (Å²) in [6, 6.07) is 4.24.